The third kappa shape index (κ3) is 5.32. The third-order valence-corrected chi connectivity index (χ3v) is 8.21. The van der Waals surface area contributed by atoms with Crippen LogP contribution in [0.1, 0.15) is 31.9 Å². The summed E-state index contributed by atoms with van der Waals surface area (Å²) in [5, 5.41) is 11.0. The third-order valence-electron chi connectivity index (χ3n) is 6.85. The van der Waals surface area contributed by atoms with Crippen molar-refractivity contribution >= 4 is 45.1 Å². The quantitative estimate of drug-likeness (QED) is 0.339. The summed E-state index contributed by atoms with van der Waals surface area (Å²) in [5.74, 6) is -0.152. The smallest absolute Gasteiger partial charge is 0.307 e. The second-order valence-electron chi connectivity index (χ2n) is 10.4. The topological polar surface area (TPSA) is 82.5 Å². The zero-order valence-electron chi connectivity index (χ0n) is 21.5. The number of carboxylic acids is 1. The molecule has 1 aliphatic rings. The van der Waals surface area contributed by atoms with E-state index in [1.165, 1.54) is 11.3 Å². The van der Waals surface area contributed by atoms with Gasteiger partial charge < -0.3 is 10.0 Å². The van der Waals surface area contributed by atoms with Gasteiger partial charge in [0.25, 0.3) is 0 Å². The summed E-state index contributed by atoms with van der Waals surface area (Å²) in [7, 11) is 0. The first-order valence-corrected chi connectivity index (χ1v) is 13.5. The van der Waals surface area contributed by atoms with Gasteiger partial charge in [-0.2, -0.15) is 0 Å². The number of hydrogen-bond donors (Lipinski definition) is 1. The molecule has 0 unspecified atom stereocenters. The second-order valence-corrected chi connectivity index (χ2v) is 11.8. The number of nitrogens with zero attached hydrogens (tertiary/aromatic N) is 5. The minimum Gasteiger partial charge on any atom is -0.481 e. The molecule has 2 aromatic carbocycles. The molecule has 7 nitrogen and oxygen atoms in total. The van der Waals surface area contributed by atoms with Crippen LogP contribution in [0.5, 0.6) is 0 Å². The number of aliphatic carboxylic acids is 1. The lowest BCUT2D eigenvalue weighted by atomic mass is 9.93. The molecule has 1 saturated heterocycles. The maximum Gasteiger partial charge on any atom is 0.307 e. The Bertz CT molecular complexity index is 1450. The summed E-state index contributed by atoms with van der Waals surface area (Å²) in [4.78, 5) is 30.8. The van der Waals surface area contributed by atoms with Crippen molar-refractivity contribution < 1.29 is 9.90 Å². The largest absolute Gasteiger partial charge is 0.481 e. The van der Waals surface area contributed by atoms with Crippen molar-refractivity contribution in [3.8, 4) is 21.8 Å². The SMILES string of the molecule is Cc1cc2nc(-c3ccnc(N4CCN(C(C)(C)C)CC4)n3)sc2c(-c2ccc(Cl)cc2)c1CC(=O)O. The zero-order valence-corrected chi connectivity index (χ0v) is 23.0. The van der Waals surface area contributed by atoms with Gasteiger partial charge in [0.05, 0.1) is 16.6 Å². The first kappa shape index (κ1) is 25.6. The van der Waals surface area contributed by atoms with E-state index in [-0.39, 0.29) is 12.0 Å². The van der Waals surface area contributed by atoms with Crippen molar-refractivity contribution in [2.75, 3.05) is 31.1 Å². The fourth-order valence-corrected chi connectivity index (χ4v) is 6.08. The summed E-state index contributed by atoms with van der Waals surface area (Å²) in [5.41, 5.74) is 5.25. The van der Waals surface area contributed by atoms with Gasteiger partial charge in [0.2, 0.25) is 5.95 Å². The Morgan fingerprint density at radius 2 is 1.78 bits per heavy atom. The average Bonchev–Trinajstić information content (AvgIpc) is 3.28. The minimum atomic E-state index is -0.866. The van der Waals surface area contributed by atoms with Crippen LogP contribution in [-0.2, 0) is 11.2 Å². The van der Waals surface area contributed by atoms with Gasteiger partial charge in [0.1, 0.15) is 10.7 Å². The molecule has 0 amide bonds. The van der Waals surface area contributed by atoms with Gasteiger partial charge >= 0.3 is 5.97 Å². The molecule has 1 fully saturated rings. The van der Waals surface area contributed by atoms with E-state index in [0.717, 1.165) is 69.4 Å². The number of anilines is 1. The summed E-state index contributed by atoms with van der Waals surface area (Å²) in [6.45, 7) is 12.4. The van der Waals surface area contributed by atoms with Crippen LogP contribution in [0.15, 0.2) is 42.6 Å². The average molecular weight is 536 g/mol. The summed E-state index contributed by atoms with van der Waals surface area (Å²) < 4.78 is 0.943. The van der Waals surface area contributed by atoms with Crippen molar-refractivity contribution in [2.24, 2.45) is 0 Å². The summed E-state index contributed by atoms with van der Waals surface area (Å²) in [6.07, 6.45) is 1.73. The maximum absolute atomic E-state index is 11.7. The highest BCUT2D eigenvalue weighted by molar-refractivity contribution is 7.22. The van der Waals surface area contributed by atoms with Gasteiger partial charge in [-0.25, -0.2) is 15.0 Å². The monoisotopic (exact) mass is 535 g/mol. The number of aromatic nitrogens is 3. The fourth-order valence-electron chi connectivity index (χ4n) is 4.84. The lowest BCUT2D eigenvalue weighted by Gasteiger charge is -2.42. The van der Waals surface area contributed by atoms with Gasteiger partial charge in [0.15, 0.2) is 0 Å². The van der Waals surface area contributed by atoms with Crippen LogP contribution < -0.4 is 4.90 Å². The molecule has 1 N–H and O–H groups in total. The molecular formula is C28H30ClN5O2S. The van der Waals surface area contributed by atoms with E-state index in [0.29, 0.717) is 11.0 Å². The van der Waals surface area contributed by atoms with Gasteiger partial charge in [-0.3, -0.25) is 9.69 Å². The number of aryl methyl sites for hydroxylation is 1. The van der Waals surface area contributed by atoms with Crippen molar-refractivity contribution in [3.05, 3.63) is 58.7 Å². The number of benzene rings is 2. The van der Waals surface area contributed by atoms with Gasteiger partial charge in [-0.1, -0.05) is 23.7 Å². The highest BCUT2D eigenvalue weighted by Gasteiger charge is 2.27. The van der Waals surface area contributed by atoms with E-state index in [4.69, 9.17) is 21.6 Å². The molecule has 0 spiro atoms. The molecule has 192 valence electrons. The van der Waals surface area contributed by atoms with E-state index < -0.39 is 5.97 Å². The van der Waals surface area contributed by atoms with Gasteiger partial charge in [-0.15, -0.1) is 11.3 Å². The van der Waals surface area contributed by atoms with Crippen LogP contribution in [0.25, 0.3) is 32.0 Å². The predicted octanol–water partition coefficient (Wildman–Crippen LogP) is 5.93. The van der Waals surface area contributed by atoms with Crippen LogP contribution >= 0.6 is 22.9 Å². The number of halogens is 1. The first-order valence-electron chi connectivity index (χ1n) is 12.3. The van der Waals surface area contributed by atoms with E-state index in [9.17, 15) is 9.90 Å². The number of fused-ring (bicyclic) bond motifs is 1. The van der Waals surface area contributed by atoms with Crippen LogP contribution in [-0.4, -0.2) is 62.6 Å². The molecule has 9 heteroatoms. The Hall–Kier alpha value is -3.07. The fraction of sp³-hybridized carbons (Fsp3) is 0.357. The van der Waals surface area contributed by atoms with Gasteiger partial charge in [-0.05, 0) is 68.7 Å². The molecule has 4 aromatic rings. The van der Waals surface area contributed by atoms with Crippen molar-refractivity contribution in [1.82, 2.24) is 19.9 Å². The second kappa shape index (κ2) is 10.0. The molecule has 0 atom stereocenters. The molecule has 2 aromatic heterocycles. The van der Waals surface area contributed by atoms with Crippen LogP contribution in [0.4, 0.5) is 5.95 Å². The van der Waals surface area contributed by atoms with Crippen LogP contribution in [0.3, 0.4) is 0 Å². The number of piperazine rings is 1. The Morgan fingerprint density at radius 1 is 1.08 bits per heavy atom. The predicted molar refractivity (Wildman–Crippen MR) is 151 cm³/mol. The normalized spacial score (nSPS) is 14.9. The van der Waals surface area contributed by atoms with E-state index in [1.54, 1.807) is 6.20 Å². The van der Waals surface area contributed by atoms with E-state index in [1.807, 2.05) is 43.3 Å². The Morgan fingerprint density at radius 3 is 2.43 bits per heavy atom. The van der Waals surface area contributed by atoms with Crippen molar-refractivity contribution in [3.63, 3.8) is 0 Å². The van der Waals surface area contributed by atoms with E-state index >= 15 is 0 Å². The highest BCUT2D eigenvalue weighted by atomic mass is 35.5. The van der Waals surface area contributed by atoms with Crippen LogP contribution in [0, 0.1) is 6.92 Å². The number of rotatable bonds is 5. The molecule has 0 aliphatic carbocycles. The van der Waals surface area contributed by atoms with Crippen LogP contribution in [0.2, 0.25) is 5.02 Å². The van der Waals surface area contributed by atoms with E-state index in [2.05, 4.69) is 35.6 Å². The molecule has 0 saturated carbocycles. The summed E-state index contributed by atoms with van der Waals surface area (Å²) >= 11 is 7.67. The molecule has 37 heavy (non-hydrogen) atoms. The molecule has 0 bridgehead atoms. The standard InChI is InChI=1S/C28H30ClN5O2S/c1-17-15-22-25(24(20(17)16-23(35)36)18-5-7-19(29)8-6-18)37-26(31-22)21-9-10-30-27(32-21)33-11-13-34(14-12-33)28(2,3)4/h5-10,15H,11-14,16H2,1-4H3,(H,35,36). The van der Waals surface area contributed by atoms with Crippen molar-refractivity contribution in [1.29, 1.82) is 0 Å². The molecule has 1 aliphatic heterocycles. The number of thiazole rings is 1. The first-order chi connectivity index (χ1) is 17.6. The maximum atomic E-state index is 11.7. The number of carbonyl (C=O) groups is 1. The molecule has 5 rings (SSSR count). The Labute approximate surface area is 225 Å². The Kier molecular flexibility index (Phi) is 6.91. The lowest BCUT2D eigenvalue weighted by Crippen LogP contribution is -2.53. The number of carboxylic acid groups (broad SMARTS) is 1. The van der Waals surface area contributed by atoms with Gasteiger partial charge in [0, 0.05) is 48.5 Å². The molecule has 0 radical (unpaired) electrons. The minimum absolute atomic E-state index is 0.0643. The summed E-state index contributed by atoms with van der Waals surface area (Å²) in [6, 6.07) is 11.4. The highest BCUT2D eigenvalue weighted by Crippen LogP contribution is 2.41. The lowest BCUT2D eigenvalue weighted by molar-refractivity contribution is -0.136. The van der Waals surface area contributed by atoms with Crippen molar-refractivity contribution in [2.45, 2.75) is 39.7 Å². The molecular weight excluding hydrogens is 506 g/mol. The Balaban J connectivity index is 1.54. The molecule has 3 heterocycles. The zero-order chi connectivity index (χ0) is 26.3. The number of hydrogen-bond acceptors (Lipinski definition) is 7.